The van der Waals surface area contributed by atoms with Gasteiger partial charge in [-0.05, 0) is 0 Å². The Morgan fingerprint density at radius 2 is 1.32 bits per heavy atom. The van der Waals surface area contributed by atoms with E-state index in [0.717, 1.165) is 0 Å². The quantitative estimate of drug-likeness (QED) is 0.418. The largest absolute Gasteiger partial charge is 0.490 e. The highest BCUT2D eigenvalue weighted by atomic mass is 32.3. The molecular formula is C6H2F10O5S. The van der Waals surface area contributed by atoms with Gasteiger partial charge >= 0.3 is 40.6 Å². The van der Waals surface area contributed by atoms with Crippen LogP contribution in [-0.4, -0.2) is 45.1 Å². The minimum absolute atomic E-state index is 1.94. The van der Waals surface area contributed by atoms with Crippen molar-refractivity contribution in [3.8, 4) is 0 Å². The average molecular weight is 376 g/mol. The number of halogens is 10. The summed E-state index contributed by atoms with van der Waals surface area (Å²) in [5, 5.41) is 0. The zero-order chi connectivity index (χ0) is 18.2. The molecule has 0 saturated heterocycles. The topological polar surface area (TPSA) is 69.7 Å². The van der Waals surface area contributed by atoms with Crippen LogP contribution in [0.5, 0.6) is 0 Å². The van der Waals surface area contributed by atoms with Gasteiger partial charge in [0.05, 0.1) is 0 Å². The first-order valence-corrected chi connectivity index (χ1v) is 5.67. The van der Waals surface area contributed by atoms with Crippen molar-refractivity contribution >= 4 is 16.5 Å². The van der Waals surface area contributed by atoms with E-state index in [4.69, 9.17) is 0 Å². The molecule has 0 spiro atoms. The van der Waals surface area contributed by atoms with Crippen molar-refractivity contribution in [3.05, 3.63) is 0 Å². The third kappa shape index (κ3) is 4.85. The average Bonchev–Trinajstić information content (AvgIpc) is 2.18. The Labute approximate surface area is 114 Å². The molecule has 16 heteroatoms. The molecule has 0 aromatic rings. The van der Waals surface area contributed by atoms with Gasteiger partial charge in [-0.3, -0.25) is 0 Å². The van der Waals surface area contributed by atoms with E-state index in [1.807, 2.05) is 4.18 Å². The minimum atomic E-state index is -6.84. The van der Waals surface area contributed by atoms with E-state index in [1.165, 1.54) is 0 Å². The monoisotopic (exact) mass is 376 g/mol. The Morgan fingerprint density at radius 3 is 1.59 bits per heavy atom. The van der Waals surface area contributed by atoms with Crippen LogP contribution < -0.4 is 0 Å². The van der Waals surface area contributed by atoms with E-state index >= 15 is 0 Å². The van der Waals surface area contributed by atoms with Crippen LogP contribution in [0.25, 0.3) is 0 Å². The standard InChI is InChI=1S/C6H2F10O5S/c7-3(5(11,12)13,1-20-2(17)4(8,9)10)6(14,15)21-22(16,18)19/h1H2. The van der Waals surface area contributed by atoms with Crippen LogP contribution in [0.1, 0.15) is 0 Å². The lowest BCUT2D eigenvalue weighted by atomic mass is 10.1. The van der Waals surface area contributed by atoms with Gasteiger partial charge in [0.1, 0.15) is 6.61 Å². The van der Waals surface area contributed by atoms with Crippen LogP contribution in [0.15, 0.2) is 0 Å². The number of esters is 1. The Morgan fingerprint density at radius 1 is 0.909 bits per heavy atom. The van der Waals surface area contributed by atoms with Crippen molar-refractivity contribution < 1.29 is 65.5 Å². The molecule has 0 aromatic carbocycles. The molecule has 0 amide bonds. The summed E-state index contributed by atoms with van der Waals surface area (Å²) in [5.41, 5.74) is -6.28. The van der Waals surface area contributed by atoms with Crippen molar-refractivity contribution in [1.82, 2.24) is 0 Å². The number of hydrogen-bond acceptors (Lipinski definition) is 5. The smallest absolute Gasteiger partial charge is 0.455 e. The summed E-state index contributed by atoms with van der Waals surface area (Å²) in [7, 11) is -6.84. The second-order valence-corrected chi connectivity index (χ2v) is 4.32. The van der Waals surface area contributed by atoms with Gasteiger partial charge in [-0.2, -0.15) is 47.7 Å². The van der Waals surface area contributed by atoms with Gasteiger partial charge in [0.2, 0.25) is 0 Å². The highest BCUT2D eigenvalue weighted by Gasteiger charge is 2.75. The predicted molar refractivity (Wildman–Crippen MR) is 43.0 cm³/mol. The number of carbonyl (C=O) groups excluding carboxylic acids is 1. The number of hydrogen-bond donors (Lipinski definition) is 0. The van der Waals surface area contributed by atoms with Crippen LogP contribution in [0.3, 0.4) is 0 Å². The molecule has 22 heavy (non-hydrogen) atoms. The summed E-state index contributed by atoms with van der Waals surface area (Å²) < 4.78 is 146. The highest BCUT2D eigenvalue weighted by Crippen LogP contribution is 2.47. The lowest BCUT2D eigenvalue weighted by Gasteiger charge is -2.32. The molecule has 0 rings (SSSR count). The summed E-state index contributed by atoms with van der Waals surface area (Å²) in [4.78, 5) is 10.1. The van der Waals surface area contributed by atoms with Gasteiger partial charge in [0.15, 0.2) is 0 Å². The Balaban J connectivity index is 5.58. The molecule has 1 unspecified atom stereocenters. The van der Waals surface area contributed by atoms with Gasteiger partial charge in [-0.15, -0.1) is 0 Å². The maximum Gasteiger partial charge on any atom is 0.490 e. The first-order valence-electron chi connectivity index (χ1n) is 4.36. The number of ether oxygens (including phenoxy) is 1. The molecule has 0 fully saturated rings. The van der Waals surface area contributed by atoms with E-state index in [1.54, 1.807) is 0 Å². The highest BCUT2D eigenvalue weighted by molar-refractivity contribution is 7.81. The summed E-state index contributed by atoms with van der Waals surface area (Å²) in [5.74, 6) is -3.49. The predicted octanol–water partition coefficient (Wildman–Crippen LogP) is 2.19. The Kier molecular flexibility index (Phi) is 5.37. The Bertz CT molecular complexity index is 521. The van der Waals surface area contributed by atoms with Gasteiger partial charge in [0.25, 0.3) is 0 Å². The zero-order valence-electron chi connectivity index (χ0n) is 9.44. The molecule has 5 nitrogen and oxygen atoms in total. The van der Waals surface area contributed by atoms with Crippen LogP contribution in [0.4, 0.5) is 43.4 Å². The molecule has 0 aliphatic heterocycles. The summed E-state index contributed by atoms with van der Waals surface area (Å²) in [6, 6.07) is 0. The number of alkyl halides is 9. The molecule has 0 aliphatic rings. The maximum absolute atomic E-state index is 13.3. The van der Waals surface area contributed by atoms with Gasteiger partial charge in [-0.1, -0.05) is 3.89 Å². The molecule has 0 aromatic heterocycles. The lowest BCUT2D eigenvalue weighted by molar-refractivity contribution is -0.365. The molecule has 0 heterocycles. The molecule has 0 N–H and O–H groups in total. The SMILES string of the molecule is O=C(OCC(F)(C(F)(F)F)C(F)(F)OS(=O)(=O)F)C(F)(F)F. The third-order valence-corrected chi connectivity index (χ3v) is 2.16. The van der Waals surface area contributed by atoms with E-state index < -0.39 is 47.2 Å². The fourth-order valence-corrected chi connectivity index (χ4v) is 1.15. The fourth-order valence-electron chi connectivity index (χ4n) is 0.769. The third-order valence-electron chi connectivity index (χ3n) is 1.75. The molecule has 0 aliphatic carbocycles. The van der Waals surface area contributed by atoms with Crippen molar-refractivity contribution in [2.45, 2.75) is 24.1 Å². The van der Waals surface area contributed by atoms with Crippen molar-refractivity contribution in [3.63, 3.8) is 0 Å². The molecule has 1 atom stereocenters. The Hall–Kier alpha value is -1.32. The second kappa shape index (κ2) is 5.71. The van der Waals surface area contributed by atoms with E-state index in [9.17, 15) is 56.6 Å². The number of rotatable bonds is 5. The minimum Gasteiger partial charge on any atom is -0.455 e. The van der Waals surface area contributed by atoms with Crippen LogP contribution in [-0.2, 0) is 24.2 Å². The van der Waals surface area contributed by atoms with E-state index in [-0.39, 0.29) is 0 Å². The van der Waals surface area contributed by atoms with Crippen LogP contribution >= 0.6 is 0 Å². The first kappa shape index (κ1) is 20.7. The fraction of sp³-hybridized carbons (Fsp3) is 0.833. The zero-order valence-corrected chi connectivity index (χ0v) is 10.3. The summed E-state index contributed by atoms with van der Waals surface area (Å²) >= 11 is 0. The number of carbonyl (C=O) groups is 1. The molecule has 0 radical (unpaired) electrons. The maximum atomic E-state index is 13.3. The van der Waals surface area contributed by atoms with Crippen molar-refractivity contribution in [2.24, 2.45) is 0 Å². The second-order valence-electron chi connectivity index (χ2n) is 3.37. The summed E-state index contributed by atoms with van der Waals surface area (Å²) in [6.45, 7) is -3.35. The molecular weight excluding hydrogens is 374 g/mol. The first-order chi connectivity index (χ1) is 9.33. The van der Waals surface area contributed by atoms with E-state index in [0.29, 0.717) is 0 Å². The molecule has 132 valence electrons. The van der Waals surface area contributed by atoms with Gasteiger partial charge in [-0.25, -0.2) is 9.18 Å². The molecule has 0 saturated carbocycles. The van der Waals surface area contributed by atoms with Crippen LogP contribution in [0.2, 0.25) is 0 Å². The van der Waals surface area contributed by atoms with Gasteiger partial charge in [0, 0.05) is 0 Å². The normalized spacial score (nSPS) is 17.0. The van der Waals surface area contributed by atoms with Crippen molar-refractivity contribution in [1.29, 1.82) is 0 Å². The summed E-state index contributed by atoms with van der Waals surface area (Å²) in [6.07, 6.45) is -19.3. The van der Waals surface area contributed by atoms with Gasteiger partial charge < -0.3 is 4.74 Å². The van der Waals surface area contributed by atoms with Crippen LogP contribution in [0, 0.1) is 0 Å². The van der Waals surface area contributed by atoms with Crippen molar-refractivity contribution in [2.75, 3.05) is 6.61 Å². The molecule has 0 bridgehead atoms. The van der Waals surface area contributed by atoms with E-state index in [2.05, 4.69) is 4.74 Å². The lowest BCUT2D eigenvalue weighted by Crippen LogP contribution is -2.60.